The van der Waals surface area contributed by atoms with Crippen LogP contribution in [0.5, 0.6) is 0 Å². The zero-order valence-corrected chi connectivity index (χ0v) is 10.2. The van der Waals surface area contributed by atoms with Gasteiger partial charge in [-0.15, -0.1) is 10.2 Å². The molecule has 0 spiro atoms. The summed E-state index contributed by atoms with van der Waals surface area (Å²) in [7, 11) is 0. The fourth-order valence-corrected chi connectivity index (χ4v) is 2.17. The van der Waals surface area contributed by atoms with Gasteiger partial charge in [-0.05, 0) is 6.07 Å². The second-order valence-corrected chi connectivity index (χ2v) is 4.53. The third-order valence-electron chi connectivity index (χ3n) is 3.23. The second kappa shape index (κ2) is 5.32. The van der Waals surface area contributed by atoms with E-state index in [4.69, 9.17) is 4.42 Å². The minimum Gasteiger partial charge on any atom is -0.472 e. The zero-order chi connectivity index (χ0) is 12.2. The van der Waals surface area contributed by atoms with Gasteiger partial charge in [-0.25, -0.2) is 0 Å². The minimum atomic E-state index is 0.862. The Kier molecular flexibility index (Phi) is 3.38. The molecule has 6 nitrogen and oxygen atoms in total. The Morgan fingerprint density at radius 2 is 2.39 bits per heavy atom. The van der Waals surface area contributed by atoms with Crippen molar-refractivity contribution in [3.8, 4) is 0 Å². The summed E-state index contributed by atoms with van der Waals surface area (Å²) in [6.07, 6.45) is 5.29. The van der Waals surface area contributed by atoms with E-state index in [1.54, 1.807) is 12.5 Å². The molecule has 0 unspecified atom stereocenters. The number of aromatic nitrogens is 3. The van der Waals surface area contributed by atoms with Crippen molar-refractivity contribution in [1.29, 1.82) is 0 Å². The standard InChI is InChI=1S/C12H17N5O/c1-6-18-9-11(1)7-13-2-3-16-4-5-17-10-14-15-12(17)8-16/h1,6,9-10,13H,2-5,7-8H2. The Bertz CT molecular complexity index is 478. The highest BCUT2D eigenvalue weighted by molar-refractivity contribution is 5.04. The van der Waals surface area contributed by atoms with E-state index >= 15 is 0 Å². The van der Waals surface area contributed by atoms with Gasteiger partial charge >= 0.3 is 0 Å². The summed E-state index contributed by atoms with van der Waals surface area (Å²) in [5.74, 6) is 1.07. The normalized spacial score (nSPS) is 15.8. The molecule has 1 aliphatic rings. The van der Waals surface area contributed by atoms with Gasteiger partial charge in [0.25, 0.3) is 0 Å². The molecule has 18 heavy (non-hydrogen) atoms. The van der Waals surface area contributed by atoms with E-state index in [0.717, 1.165) is 45.1 Å². The number of rotatable bonds is 5. The Labute approximate surface area is 106 Å². The van der Waals surface area contributed by atoms with Crippen LogP contribution in [0.4, 0.5) is 0 Å². The van der Waals surface area contributed by atoms with Crippen LogP contribution in [0.1, 0.15) is 11.4 Å². The molecule has 6 heteroatoms. The quantitative estimate of drug-likeness (QED) is 0.779. The van der Waals surface area contributed by atoms with Crippen molar-refractivity contribution >= 4 is 0 Å². The van der Waals surface area contributed by atoms with Crippen LogP contribution in [-0.2, 0) is 19.6 Å². The van der Waals surface area contributed by atoms with E-state index in [0.29, 0.717) is 0 Å². The van der Waals surface area contributed by atoms with Gasteiger partial charge < -0.3 is 14.3 Å². The Balaban J connectivity index is 1.40. The minimum absolute atomic E-state index is 0.862. The van der Waals surface area contributed by atoms with Crippen molar-refractivity contribution < 1.29 is 4.42 Å². The third kappa shape index (κ3) is 2.60. The van der Waals surface area contributed by atoms with Crippen LogP contribution in [0.3, 0.4) is 0 Å². The molecule has 2 aromatic rings. The molecular weight excluding hydrogens is 230 g/mol. The lowest BCUT2D eigenvalue weighted by molar-refractivity contribution is 0.217. The lowest BCUT2D eigenvalue weighted by atomic mass is 10.3. The van der Waals surface area contributed by atoms with Crippen molar-refractivity contribution in [1.82, 2.24) is 25.0 Å². The average Bonchev–Trinajstić information content (AvgIpc) is 3.05. The van der Waals surface area contributed by atoms with Crippen molar-refractivity contribution in [3.05, 3.63) is 36.3 Å². The topological polar surface area (TPSA) is 59.1 Å². The van der Waals surface area contributed by atoms with Gasteiger partial charge in [-0.2, -0.15) is 0 Å². The molecule has 0 aliphatic carbocycles. The molecule has 0 saturated heterocycles. The first-order chi connectivity index (χ1) is 8.92. The van der Waals surface area contributed by atoms with Gasteiger partial charge in [-0.3, -0.25) is 4.90 Å². The van der Waals surface area contributed by atoms with Crippen LogP contribution >= 0.6 is 0 Å². The molecule has 3 heterocycles. The first-order valence-corrected chi connectivity index (χ1v) is 6.22. The van der Waals surface area contributed by atoms with E-state index in [1.807, 2.05) is 12.4 Å². The van der Waals surface area contributed by atoms with Crippen LogP contribution in [0.15, 0.2) is 29.3 Å². The SMILES string of the molecule is c1cc(CNCCN2CCn3cnnc3C2)co1. The molecule has 1 N–H and O–H groups in total. The average molecular weight is 247 g/mol. The predicted molar refractivity (Wildman–Crippen MR) is 65.7 cm³/mol. The van der Waals surface area contributed by atoms with Gasteiger partial charge in [0.05, 0.1) is 19.1 Å². The van der Waals surface area contributed by atoms with Crippen molar-refractivity contribution in [2.45, 2.75) is 19.6 Å². The summed E-state index contributed by atoms with van der Waals surface area (Å²) in [6, 6.07) is 1.98. The monoisotopic (exact) mass is 247 g/mol. The third-order valence-corrected chi connectivity index (χ3v) is 3.23. The number of nitrogens with one attached hydrogen (secondary N) is 1. The molecule has 1 aliphatic heterocycles. The Morgan fingerprint density at radius 3 is 3.28 bits per heavy atom. The highest BCUT2D eigenvalue weighted by atomic mass is 16.3. The van der Waals surface area contributed by atoms with E-state index in [1.165, 1.54) is 5.56 Å². The summed E-state index contributed by atoms with van der Waals surface area (Å²) in [4.78, 5) is 2.40. The fourth-order valence-electron chi connectivity index (χ4n) is 2.17. The molecule has 3 rings (SSSR count). The second-order valence-electron chi connectivity index (χ2n) is 4.53. The largest absolute Gasteiger partial charge is 0.472 e. The van der Waals surface area contributed by atoms with E-state index in [9.17, 15) is 0 Å². The predicted octanol–water partition coefficient (Wildman–Crippen LogP) is 0.476. The maximum atomic E-state index is 5.02. The smallest absolute Gasteiger partial charge is 0.147 e. The molecule has 96 valence electrons. The Morgan fingerprint density at radius 1 is 1.39 bits per heavy atom. The number of hydrogen-bond acceptors (Lipinski definition) is 5. The van der Waals surface area contributed by atoms with Crippen LogP contribution < -0.4 is 5.32 Å². The van der Waals surface area contributed by atoms with Crippen molar-refractivity contribution in [2.75, 3.05) is 19.6 Å². The summed E-state index contributed by atoms with van der Waals surface area (Å²) < 4.78 is 7.14. The summed E-state index contributed by atoms with van der Waals surface area (Å²) >= 11 is 0. The van der Waals surface area contributed by atoms with Gasteiger partial charge in [0.15, 0.2) is 0 Å². The molecule has 0 amide bonds. The maximum absolute atomic E-state index is 5.02. The molecule has 0 aromatic carbocycles. The molecule has 0 atom stereocenters. The van der Waals surface area contributed by atoms with E-state index < -0.39 is 0 Å². The molecule has 0 bridgehead atoms. The Hall–Kier alpha value is -1.66. The van der Waals surface area contributed by atoms with Crippen LogP contribution in [0.25, 0.3) is 0 Å². The van der Waals surface area contributed by atoms with Gasteiger partial charge in [-0.1, -0.05) is 0 Å². The van der Waals surface area contributed by atoms with Crippen molar-refractivity contribution in [3.63, 3.8) is 0 Å². The molecule has 2 aromatic heterocycles. The highest BCUT2D eigenvalue weighted by Crippen LogP contribution is 2.07. The lowest BCUT2D eigenvalue weighted by Gasteiger charge is -2.26. The van der Waals surface area contributed by atoms with Crippen LogP contribution in [0, 0.1) is 0 Å². The number of hydrogen-bond donors (Lipinski definition) is 1. The van der Waals surface area contributed by atoms with E-state index in [2.05, 4.69) is 25.0 Å². The molecular formula is C12H17N5O. The number of fused-ring (bicyclic) bond motifs is 1. The summed E-state index contributed by atoms with van der Waals surface area (Å²) in [6.45, 7) is 5.82. The van der Waals surface area contributed by atoms with Crippen LogP contribution in [-0.4, -0.2) is 39.3 Å². The molecule has 0 radical (unpaired) electrons. The zero-order valence-electron chi connectivity index (χ0n) is 10.2. The van der Waals surface area contributed by atoms with Crippen molar-refractivity contribution in [2.24, 2.45) is 0 Å². The first kappa shape index (κ1) is 11.4. The number of nitrogens with zero attached hydrogens (tertiary/aromatic N) is 4. The van der Waals surface area contributed by atoms with Gasteiger partial charge in [0.1, 0.15) is 12.2 Å². The summed E-state index contributed by atoms with van der Waals surface area (Å²) in [5, 5.41) is 11.5. The maximum Gasteiger partial charge on any atom is 0.147 e. The number of furan rings is 1. The highest BCUT2D eigenvalue weighted by Gasteiger charge is 2.16. The molecule has 0 fully saturated rings. The van der Waals surface area contributed by atoms with E-state index in [-0.39, 0.29) is 0 Å². The van der Waals surface area contributed by atoms with Crippen LogP contribution in [0.2, 0.25) is 0 Å². The summed E-state index contributed by atoms with van der Waals surface area (Å²) in [5.41, 5.74) is 1.19. The van der Waals surface area contributed by atoms with Gasteiger partial charge in [0.2, 0.25) is 0 Å². The fraction of sp³-hybridized carbons (Fsp3) is 0.500. The first-order valence-electron chi connectivity index (χ1n) is 6.22. The lowest BCUT2D eigenvalue weighted by Crippen LogP contribution is -2.38. The molecule has 0 saturated carbocycles. The van der Waals surface area contributed by atoms with Gasteiger partial charge in [0, 0.05) is 38.3 Å².